The molecular formula is C23H30BNO3. The van der Waals surface area contributed by atoms with E-state index in [0.29, 0.717) is 17.9 Å². The number of hydrogen-bond acceptors (Lipinski definition) is 4. The molecule has 2 aromatic rings. The molecule has 1 fully saturated rings. The number of aliphatic hydroxyl groups is 1. The third kappa shape index (κ3) is 4.84. The molecular weight excluding hydrogens is 349 g/mol. The summed E-state index contributed by atoms with van der Waals surface area (Å²) in [6.45, 7) is 0.615. The maximum atomic E-state index is 11.6. The molecule has 0 spiro atoms. The fraction of sp³-hybridized carbons (Fsp3) is 0.435. The van der Waals surface area contributed by atoms with Gasteiger partial charge >= 0.3 is 0 Å². The highest BCUT2D eigenvalue weighted by molar-refractivity contribution is 6.62. The zero-order valence-electron chi connectivity index (χ0n) is 17.1. The van der Waals surface area contributed by atoms with Crippen molar-refractivity contribution in [2.45, 2.75) is 37.7 Å². The van der Waals surface area contributed by atoms with Crippen LogP contribution in [-0.2, 0) is 5.60 Å². The van der Waals surface area contributed by atoms with Crippen LogP contribution in [-0.4, -0.2) is 44.2 Å². The number of ether oxygens (including phenoxy) is 1. The Hall–Kier alpha value is -2.11. The number of likely N-dealkylation sites (N-methyl/N-ethyl adjacent to an activating group) is 1. The van der Waals surface area contributed by atoms with Crippen LogP contribution in [0.3, 0.4) is 0 Å². The molecule has 2 aromatic carbocycles. The minimum absolute atomic E-state index is 0.0405. The van der Waals surface area contributed by atoms with Gasteiger partial charge in [-0.3, -0.25) is 0 Å². The van der Waals surface area contributed by atoms with Gasteiger partial charge in [-0.1, -0.05) is 31.4 Å². The molecule has 0 saturated heterocycles. The second kappa shape index (κ2) is 8.93. The lowest BCUT2D eigenvalue weighted by molar-refractivity contribution is -0.0559. The van der Waals surface area contributed by atoms with Gasteiger partial charge in [0.2, 0.25) is 0 Å². The first-order valence-electron chi connectivity index (χ1n) is 10.1. The molecule has 0 amide bonds. The summed E-state index contributed by atoms with van der Waals surface area (Å²) in [7, 11) is 5.57. The van der Waals surface area contributed by atoms with Crippen LogP contribution >= 0.6 is 0 Å². The Morgan fingerprint density at radius 3 is 2.07 bits per heavy atom. The van der Waals surface area contributed by atoms with Gasteiger partial charge in [0.05, 0.1) is 0 Å². The molecule has 0 bridgehead atoms. The minimum Gasteiger partial charge on any atom is -0.457 e. The number of nitrogens with zero attached hydrogens (tertiary/aromatic N) is 1. The summed E-state index contributed by atoms with van der Waals surface area (Å²) in [5.41, 5.74) is 0.820. The van der Waals surface area contributed by atoms with Crippen LogP contribution in [0.1, 0.15) is 48.0 Å². The normalized spacial score (nSPS) is 17.3. The Bertz CT molecular complexity index is 782. The summed E-state index contributed by atoms with van der Waals surface area (Å²) in [6, 6.07) is 14.9. The highest BCUT2D eigenvalue weighted by atomic mass is 16.5. The molecule has 1 N–H and O–H groups in total. The number of benzene rings is 2. The van der Waals surface area contributed by atoms with E-state index in [1.54, 1.807) is 32.1 Å². The first-order chi connectivity index (χ1) is 13.4. The van der Waals surface area contributed by atoms with Gasteiger partial charge in [0.15, 0.2) is 7.85 Å². The van der Waals surface area contributed by atoms with Crippen LogP contribution in [0.4, 0.5) is 0 Å². The van der Waals surface area contributed by atoms with E-state index in [-0.39, 0.29) is 11.6 Å². The summed E-state index contributed by atoms with van der Waals surface area (Å²) in [6.07, 6.45) is 5.80. The smallest absolute Gasteiger partial charge is 0.193 e. The van der Waals surface area contributed by atoms with Crippen molar-refractivity contribution in [3.05, 3.63) is 59.7 Å². The SMILES string of the molecule is BC(=O)c1ccc(Oc2ccc(C(O)(CN(C)C)C3CCCCC3)cc2)cc1. The molecule has 5 heteroatoms. The van der Waals surface area contributed by atoms with Crippen molar-refractivity contribution in [2.75, 3.05) is 20.6 Å². The molecule has 0 radical (unpaired) electrons. The average molecular weight is 379 g/mol. The predicted molar refractivity (Wildman–Crippen MR) is 115 cm³/mol. The maximum Gasteiger partial charge on any atom is 0.193 e. The Labute approximate surface area is 168 Å². The standard InChI is InChI=1S/C23H30BNO3/c1-25(2)16-23(27,18-6-4-3-5-7-18)19-10-14-21(15-11-19)28-20-12-8-17(9-13-20)22(24)26/h8-15,18,27H,3-7,16,24H2,1-2H3. The van der Waals surface area contributed by atoms with E-state index in [9.17, 15) is 9.90 Å². The van der Waals surface area contributed by atoms with E-state index in [1.165, 1.54) is 19.3 Å². The van der Waals surface area contributed by atoms with Crippen LogP contribution in [0, 0.1) is 5.92 Å². The highest BCUT2D eigenvalue weighted by Gasteiger charge is 2.39. The summed E-state index contributed by atoms with van der Waals surface area (Å²) in [5.74, 6) is 1.69. The number of carbonyl (C=O) groups is 1. The maximum absolute atomic E-state index is 11.6. The van der Waals surface area contributed by atoms with Crippen LogP contribution < -0.4 is 4.74 Å². The van der Waals surface area contributed by atoms with Gasteiger partial charge in [-0.05, 0) is 74.8 Å². The van der Waals surface area contributed by atoms with E-state index in [1.807, 2.05) is 38.4 Å². The van der Waals surface area contributed by atoms with Crippen molar-refractivity contribution >= 4 is 13.5 Å². The summed E-state index contributed by atoms with van der Waals surface area (Å²) < 4.78 is 5.90. The molecule has 148 valence electrons. The van der Waals surface area contributed by atoms with Crippen LogP contribution in [0.25, 0.3) is 0 Å². The van der Waals surface area contributed by atoms with Gasteiger partial charge in [-0.2, -0.15) is 0 Å². The number of carbonyl (C=O) groups excluding carboxylic acids is 1. The third-order valence-electron chi connectivity index (χ3n) is 5.69. The average Bonchev–Trinajstić information content (AvgIpc) is 2.69. The van der Waals surface area contributed by atoms with Crippen molar-refractivity contribution < 1.29 is 14.6 Å². The molecule has 1 atom stereocenters. The lowest BCUT2D eigenvalue weighted by Crippen LogP contribution is -2.44. The fourth-order valence-corrected chi connectivity index (χ4v) is 4.22. The lowest BCUT2D eigenvalue weighted by Gasteiger charge is -2.40. The van der Waals surface area contributed by atoms with Gasteiger partial charge in [-0.25, -0.2) is 0 Å². The van der Waals surface area contributed by atoms with Crippen LogP contribution in [0.5, 0.6) is 11.5 Å². The monoisotopic (exact) mass is 379 g/mol. The number of rotatable bonds is 7. The van der Waals surface area contributed by atoms with Crippen LogP contribution in [0.2, 0.25) is 0 Å². The topological polar surface area (TPSA) is 49.8 Å². The Balaban J connectivity index is 1.77. The van der Waals surface area contributed by atoms with Gasteiger partial charge in [-0.15, -0.1) is 0 Å². The van der Waals surface area contributed by atoms with E-state index in [2.05, 4.69) is 4.90 Å². The molecule has 3 rings (SSSR count). The molecule has 1 aliphatic carbocycles. The van der Waals surface area contributed by atoms with E-state index in [0.717, 1.165) is 24.2 Å². The highest BCUT2D eigenvalue weighted by Crippen LogP contribution is 2.40. The molecule has 1 unspecified atom stereocenters. The van der Waals surface area contributed by atoms with Crippen molar-refractivity contribution in [1.29, 1.82) is 0 Å². The lowest BCUT2D eigenvalue weighted by atomic mass is 9.73. The molecule has 28 heavy (non-hydrogen) atoms. The molecule has 1 saturated carbocycles. The van der Waals surface area contributed by atoms with Crippen molar-refractivity contribution in [1.82, 2.24) is 4.90 Å². The minimum atomic E-state index is -0.842. The first-order valence-corrected chi connectivity index (χ1v) is 10.1. The van der Waals surface area contributed by atoms with Gasteiger partial charge < -0.3 is 19.5 Å². The quantitative estimate of drug-likeness (QED) is 0.748. The zero-order chi connectivity index (χ0) is 20.1. The van der Waals surface area contributed by atoms with Crippen molar-refractivity contribution in [3.63, 3.8) is 0 Å². The van der Waals surface area contributed by atoms with Crippen molar-refractivity contribution in [3.8, 4) is 11.5 Å². The van der Waals surface area contributed by atoms with E-state index >= 15 is 0 Å². The fourth-order valence-electron chi connectivity index (χ4n) is 4.22. The molecule has 0 heterocycles. The number of hydrogen-bond donors (Lipinski definition) is 1. The second-order valence-electron chi connectivity index (χ2n) is 8.20. The van der Waals surface area contributed by atoms with Gasteiger partial charge in [0.25, 0.3) is 0 Å². The Morgan fingerprint density at radius 1 is 1.04 bits per heavy atom. The molecule has 0 aromatic heterocycles. The third-order valence-corrected chi connectivity index (χ3v) is 5.69. The van der Waals surface area contributed by atoms with Gasteiger partial charge in [0.1, 0.15) is 22.8 Å². The first kappa shape index (κ1) is 20.6. The van der Waals surface area contributed by atoms with E-state index in [4.69, 9.17) is 4.74 Å². The van der Waals surface area contributed by atoms with E-state index < -0.39 is 5.60 Å². The molecule has 0 aliphatic heterocycles. The Kier molecular flexibility index (Phi) is 6.58. The zero-order valence-corrected chi connectivity index (χ0v) is 17.1. The van der Waals surface area contributed by atoms with Crippen LogP contribution in [0.15, 0.2) is 48.5 Å². The summed E-state index contributed by atoms with van der Waals surface area (Å²) in [4.78, 5) is 13.5. The van der Waals surface area contributed by atoms with Gasteiger partial charge in [0, 0.05) is 12.1 Å². The second-order valence-corrected chi connectivity index (χ2v) is 8.20. The summed E-state index contributed by atoms with van der Waals surface area (Å²) in [5, 5.41) is 11.6. The largest absolute Gasteiger partial charge is 0.457 e. The molecule has 1 aliphatic rings. The molecule has 4 nitrogen and oxygen atoms in total. The summed E-state index contributed by atoms with van der Waals surface area (Å²) >= 11 is 0. The Morgan fingerprint density at radius 2 is 1.57 bits per heavy atom. The predicted octanol–water partition coefficient (Wildman–Crippen LogP) is 3.58. The van der Waals surface area contributed by atoms with Crippen molar-refractivity contribution in [2.24, 2.45) is 5.92 Å².